The number of thiol groups is 1. The van der Waals surface area contributed by atoms with Gasteiger partial charge < -0.3 is 15.8 Å². The fourth-order valence-corrected chi connectivity index (χ4v) is 3.95. The minimum Gasteiger partial charge on any atom is -0.397 e. The van der Waals surface area contributed by atoms with Gasteiger partial charge >= 0.3 is 0 Å². The molecule has 2 saturated heterocycles. The van der Waals surface area contributed by atoms with Gasteiger partial charge in [0.15, 0.2) is 0 Å². The second-order valence-corrected chi connectivity index (χ2v) is 7.72. The number of nitrogen functional groups attached to an aromatic ring is 1. The molecule has 0 radical (unpaired) electrons. The van der Waals surface area contributed by atoms with Gasteiger partial charge in [0.25, 0.3) is 0 Å². The Morgan fingerprint density at radius 1 is 1.26 bits per heavy atom. The van der Waals surface area contributed by atoms with E-state index in [1.807, 2.05) is 13.0 Å². The highest BCUT2D eigenvalue weighted by Gasteiger charge is 2.35. The zero-order valence-corrected chi connectivity index (χ0v) is 15.2. The van der Waals surface area contributed by atoms with Crippen LogP contribution in [0.1, 0.15) is 38.2 Å². The molecule has 0 aliphatic carbocycles. The SMILES string of the molecule is Cc1cc(N)c(NC2CCN(C3(C)CCOCC3)CC2)cc1S. The van der Waals surface area contributed by atoms with Gasteiger partial charge in [-0.15, -0.1) is 12.6 Å². The Labute approximate surface area is 145 Å². The highest BCUT2D eigenvalue weighted by molar-refractivity contribution is 7.80. The summed E-state index contributed by atoms with van der Waals surface area (Å²) >= 11 is 4.51. The fourth-order valence-electron chi connectivity index (χ4n) is 3.75. The maximum Gasteiger partial charge on any atom is 0.0587 e. The van der Waals surface area contributed by atoms with Crippen molar-refractivity contribution in [3.05, 3.63) is 17.7 Å². The first-order valence-corrected chi connectivity index (χ1v) is 9.11. The standard InChI is InChI=1S/C18H29N3OS/c1-13-11-15(19)16(12-17(13)23)20-14-3-7-21(8-4-14)18(2)5-9-22-10-6-18/h11-12,14,20,23H,3-10,19H2,1-2H3. The molecule has 0 aromatic heterocycles. The molecule has 2 fully saturated rings. The third kappa shape index (κ3) is 3.78. The Balaban J connectivity index is 1.58. The van der Waals surface area contributed by atoms with Crippen molar-refractivity contribution >= 4 is 24.0 Å². The van der Waals surface area contributed by atoms with E-state index in [9.17, 15) is 0 Å². The number of nitrogens with one attached hydrogen (secondary N) is 1. The number of piperidine rings is 1. The summed E-state index contributed by atoms with van der Waals surface area (Å²) in [5.74, 6) is 0. The Kier molecular flexibility index (Phi) is 5.09. The van der Waals surface area contributed by atoms with Crippen LogP contribution in [0.15, 0.2) is 17.0 Å². The summed E-state index contributed by atoms with van der Waals surface area (Å²) in [4.78, 5) is 3.66. The van der Waals surface area contributed by atoms with Crippen molar-refractivity contribution in [1.29, 1.82) is 0 Å². The molecule has 2 aliphatic heterocycles. The number of anilines is 2. The molecule has 0 spiro atoms. The Hall–Kier alpha value is -0.910. The molecule has 1 aromatic carbocycles. The van der Waals surface area contributed by atoms with Crippen molar-refractivity contribution in [3.8, 4) is 0 Å². The molecule has 2 heterocycles. The minimum atomic E-state index is 0.324. The topological polar surface area (TPSA) is 50.5 Å². The monoisotopic (exact) mass is 335 g/mol. The van der Waals surface area contributed by atoms with Crippen molar-refractivity contribution in [2.45, 2.75) is 56.0 Å². The molecule has 0 atom stereocenters. The lowest BCUT2D eigenvalue weighted by atomic mass is 9.87. The van der Waals surface area contributed by atoms with Crippen molar-refractivity contribution in [2.24, 2.45) is 0 Å². The third-order valence-corrected chi connectivity index (χ3v) is 6.04. The van der Waals surface area contributed by atoms with E-state index in [2.05, 4.69) is 35.8 Å². The quantitative estimate of drug-likeness (QED) is 0.586. The molecule has 23 heavy (non-hydrogen) atoms. The van der Waals surface area contributed by atoms with Gasteiger partial charge in [0, 0.05) is 42.8 Å². The summed E-state index contributed by atoms with van der Waals surface area (Å²) in [6.07, 6.45) is 4.62. The van der Waals surface area contributed by atoms with Crippen LogP contribution in [0.4, 0.5) is 11.4 Å². The zero-order chi connectivity index (χ0) is 16.4. The Morgan fingerprint density at radius 2 is 1.91 bits per heavy atom. The van der Waals surface area contributed by atoms with Crippen LogP contribution in [-0.4, -0.2) is 42.8 Å². The van der Waals surface area contributed by atoms with E-state index >= 15 is 0 Å². The number of nitrogens with zero attached hydrogens (tertiary/aromatic N) is 1. The maximum atomic E-state index is 6.15. The number of hydrogen-bond donors (Lipinski definition) is 3. The van der Waals surface area contributed by atoms with E-state index in [0.29, 0.717) is 11.6 Å². The van der Waals surface area contributed by atoms with Gasteiger partial charge in [0.1, 0.15) is 0 Å². The molecular weight excluding hydrogens is 306 g/mol. The summed E-state index contributed by atoms with van der Waals surface area (Å²) in [5, 5.41) is 3.63. The highest BCUT2D eigenvalue weighted by Crippen LogP contribution is 2.32. The first kappa shape index (κ1) is 16.9. The van der Waals surface area contributed by atoms with Gasteiger partial charge in [-0.2, -0.15) is 0 Å². The van der Waals surface area contributed by atoms with Gasteiger partial charge in [-0.05, 0) is 57.2 Å². The van der Waals surface area contributed by atoms with E-state index < -0.39 is 0 Å². The number of hydrogen-bond acceptors (Lipinski definition) is 5. The van der Waals surface area contributed by atoms with Gasteiger partial charge in [-0.25, -0.2) is 0 Å². The zero-order valence-electron chi connectivity index (χ0n) is 14.3. The molecular formula is C18H29N3OS. The summed E-state index contributed by atoms with van der Waals surface area (Å²) in [7, 11) is 0. The van der Waals surface area contributed by atoms with Crippen LogP contribution in [0.5, 0.6) is 0 Å². The minimum absolute atomic E-state index is 0.324. The average Bonchev–Trinajstić information content (AvgIpc) is 2.54. The summed E-state index contributed by atoms with van der Waals surface area (Å²) < 4.78 is 5.53. The summed E-state index contributed by atoms with van der Waals surface area (Å²) in [6.45, 7) is 8.53. The first-order valence-electron chi connectivity index (χ1n) is 8.66. The van der Waals surface area contributed by atoms with Gasteiger partial charge in [-0.1, -0.05) is 0 Å². The van der Waals surface area contributed by atoms with E-state index in [0.717, 1.165) is 73.8 Å². The van der Waals surface area contributed by atoms with Crippen LogP contribution in [0.2, 0.25) is 0 Å². The number of ether oxygens (including phenoxy) is 1. The average molecular weight is 336 g/mol. The molecule has 3 rings (SSSR count). The molecule has 3 N–H and O–H groups in total. The molecule has 0 unspecified atom stereocenters. The molecule has 0 saturated carbocycles. The van der Waals surface area contributed by atoms with E-state index in [4.69, 9.17) is 10.5 Å². The van der Waals surface area contributed by atoms with Crippen molar-refractivity contribution < 1.29 is 4.74 Å². The molecule has 2 aliphatic rings. The third-order valence-electron chi connectivity index (χ3n) is 5.56. The molecule has 1 aromatic rings. The smallest absolute Gasteiger partial charge is 0.0587 e. The van der Waals surface area contributed by atoms with Crippen LogP contribution in [0, 0.1) is 6.92 Å². The van der Waals surface area contributed by atoms with Crippen molar-refractivity contribution in [1.82, 2.24) is 4.90 Å². The largest absolute Gasteiger partial charge is 0.397 e. The number of aryl methyl sites for hydroxylation is 1. The lowest BCUT2D eigenvalue weighted by Gasteiger charge is -2.47. The predicted octanol–water partition coefficient (Wildman–Crippen LogP) is 3.31. The molecule has 128 valence electrons. The van der Waals surface area contributed by atoms with Crippen molar-refractivity contribution in [3.63, 3.8) is 0 Å². The molecule has 4 nitrogen and oxygen atoms in total. The Morgan fingerprint density at radius 3 is 2.57 bits per heavy atom. The number of benzene rings is 1. The number of likely N-dealkylation sites (tertiary alicyclic amines) is 1. The lowest BCUT2D eigenvalue weighted by molar-refractivity contribution is -0.0273. The van der Waals surface area contributed by atoms with Crippen LogP contribution < -0.4 is 11.1 Å². The number of rotatable bonds is 3. The van der Waals surface area contributed by atoms with Crippen molar-refractivity contribution in [2.75, 3.05) is 37.4 Å². The molecule has 0 amide bonds. The van der Waals surface area contributed by atoms with E-state index in [1.54, 1.807) is 0 Å². The van der Waals surface area contributed by atoms with E-state index in [-0.39, 0.29) is 0 Å². The molecule has 0 bridgehead atoms. The van der Waals surface area contributed by atoms with Crippen LogP contribution >= 0.6 is 12.6 Å². The van der Waals surface area contributed by atoms with Gasteiger partial charge in [0.05, 0.1) is 11.4 Å². The summed E-state index contributed by atoms with van der Waals surface area (Å²) in [6, 6.07) is 4.55. The van der Waals surface area contributed by atoms with E-state index in [1.165, 1.54) is 0 Å². The fraction of sp³-hybridized carbons (Fsp3) is 0.667. The number of nitrogens with two attached hydrogens (primary N) is 1. The molecule has 5 heteroatoms. The summed E-state index contributed by atoms with van der Waals surface area (Å²) in [5.41, 5.74) is 9.44. The lowest BCUT2D eigenvalue weighted by Crippen LogP contribution is -2.54. The van der Waals surface area contributed by atoms with Gasteiger partial charge in [-0.3, -0.25) is 4.90 Å². The second kappa shape index (κ2) is 6.91. The van der Waals surface area contributed by atoms with Gasteiger partial charge in [0.2, 0.25) is 0 Å². The maximum absolute atomic E-state index is 6.15. The second-order valence-electron chi connectivity index (χ2n) is 7.24. The van der Waals surface area contributed by atoms with Crippen LogP contribution in [0.3, 0.4) is 0 Å². The Bertz CT molecular complexity index is 549. The normalized spacial score (nSPS) is 22.9. The predicted molar refractivity (Wildman–Crippen MR) is 99.5 cm³/mol. The van der Waals surface area contributed by atoms with Crippen LogP contribution in [-0.2, 0) is 4.74 Å². The van der Waals surface area contributed by atoms with Crippen LogP contribution in [0.25, 0.3) is 0 Å². The highest BCUT2D eigenvalue weighted by atomic mass is 32.1. The first-order chi connectivity index (χ1) is 11.0.